The topological polar surface area (TPSA) is 132 Å². The van der Waals surface area contributed by atoms with Crippen molar-refractivity contribution < 1.29 is 23.4 Å². The Morgan fingerprint density at radius 2 is 1.56 bits per heavy atom. The van der Waals surface area contributed by atoms with Gasteiger partial charge in [-0.15, -0.1) is 0 Å². The summed E-state index contributed by atoms with van der Waals surface area (Å²) in [5.74, 6) is -1.96. The first-order valence-corrected chi connectivity index (χ1v) is 10.2. The quantitative estimate of drug-likeness (QED) is 0.214. The van der Waals surface area contributed by atoms with E-state index in [1.54, 1.807) is 0 Å². The number of halogens is 2. The molecule has 0 N–H and O–H groups in total. The van der Waals surface area contributed by atoms with Crippen molar-refractivity contribution in [3.63, 3.8) is 0 Å². The van der Waals surface area contributed by atoms with Crippen LogP contribution in [0.15, 0.2) is 65.8 Å². The molecule has 1 heterocycles. The SMILES string of the molecule is O=C(c1cc([N+](=O)[O-])cc([N+](=O)[O-])c1)N(/N=C/c1ccc(F)cc1)c1nc2ccc(F)cc2s1. The molecule has 0 saturated heterocycles. The molecule has 0 aliphatic heterocycles. The molecule has 0 fully saturated rings. The number of non-ortho nitro benzene ring substituents is 2. The van der Waals surface area contributed by atoms with Gasteiger partial charge >= 0.3 is 0 Å². The average Bonchev–Trinajstić information content (AvgIpc) is 3.22. The molecule has 0 radical (unpaired) electrons. The van der Waals surface area contributed by atoms with Crippen LogP contribution in [0.5, 0.6) is 0 Å². The highest BCUT2D eigenvalue weighted by Crippen LogP contribution is 2.32. The van der Waals surface area contributed by atoms with Gasteiger partial charge in [-0.25, -0.2) is 13.8 Å². The number of anilines is 1. The van der Waals surface area contributed by atoms with Gasteiger partial charge < -0.3 is 0 Å². The summed E-state index contributed by atoms with van der Waals surface area (Å²) in [4.78, 5) is 38.3. The van der Waals surface area contributed by atoms with Crippen LogP contribution in [-0.4, -0.2) is 27.0 Å². The summed E-state index contributed by atoms with van der Waals surface area (Å²) in [6, 6.07) is 11.4. The Labute approximate surface area is 192 Å². The maximum Gasteiger partial charge on any atom is 0.281 e. The van der Waals surface area contributed by atoms with Gasteiger partial charge in [0.1, 0.15) is 11.6 Å². The number of amides is 1. The third-order valence-corrected chi connectivity index (χ3v) is 5.47. The molecule has 0 unspecified atom stereocenters. The second-order valence-electron chi connectivity index (χ2n) is 6.77. The number of aromatic nitrogens is 1. The van der Waals surface area contributed by atoms with Crippen molar-refractivity contribution in [1.29, 1.82) is 0 Å². The van der Waals surface area contributed by atoms with Crippen LogP contribution in [0.1, 0.15) is 15.9 Å². The molecule has 1 aromatic heterocycles. The lowest BCUT2D eigenvalue weighted by Gasteiger charge is -2.13. The minimum absolute atomic E-state index is 0.0156. The van der Waals surface area contributed by atoms with Crippen LogP contribution < -0.4 is 5.01 Å². The van der Waals surface area contributed by atoms with Crippen molar-refractivity contribution in [3.05, 3.63) is 104 Å². The van der Waals surface area contributed by atoms with Crippen LogP contribution >= 0.6 is 11.3 Å². The molecule has 0 saturated carbocycles. The monoisotopic (exact) mass is 483 g/mol. The van der Waals surface area contributed by atoms with E-state index >= 15 is 0 Å². The van der Waals surface area contributed by atoms with Gasteiger partial charge in [-0.1, -0.05) is 23.5 Å². The van der Waals surface area contributed by atoms with E-state index in [1.807, 2.05) is 0 Å². The van der Waals surface area contributed by atoms with Crippen LogP contribution in [0.25, 0.3) is 10.2 Å². The molecule has 0 spiro atoms. The molecule has 13 heteroatoms. The smallest absolute Gasteiger partial charge is 0.267 e. The summed E-state index contributed by atoms with van der Waals surface area (Å²) >= 11 is 0.914. The number of fused-ring (bicyclic) bond motifs is 1. The summed E-state index contributed by atoms with van der Waals surface area (Å²) < 4.78 is 27.2. The lowest BCUT2D eigenvalue weighted by Crippen LogP contribution is -2.25. The van der Waals surface area contributed by atoms with E-state index in [2.05, 4.69) is 10.1 Å². The Balaban J connectivity index is 1.82. The zero-order valence-corrected chi connectivity index (χ0v) is 17.6. The number of nitrogens with zero attached hydrogens (tertiary/aromatic N) is 5. The van der Waals surface area contributed by atoms with E-state index in [9.17, 15) is 33.8 Å². The van der Waals surface area contributed by atoms with Gasteiger partial charge in [0.15, 0.2) is 0 Å². The zero-order chi connectivity index (χ0) is 24.4. The van der Waals surface area contributed by atoms with E-state index in [1.165, 1.54) is 48.7 Å². The minimum atomic E-state index is -0.954. The molecule has 4 rings (SSSR count). The molecule has 4 aromatic rings. The maximum atomic E-state index is 13.6. The predicted molar refractivity (Wildman–Crippen MR) is 120 cm³/mol. The lowest BCUT2D eigenvalue weighted by molar-refractivity contribution is -0.394. The zero-order valence-electron chi connectivity index (χ0n) is 16.8. The Morgan fingerprint density at radius 3 is 2.18 bits per heavy atom. The largest absolute Gasteiger partial charge is 0.281 e. The first kappa shape index (κ1) is 22.5. The first-order valence-electron chi connectivity index (χ1n) is 9.35. The Morgan fingerprint density at radius 1 is 0.941 bits per heavy atom. The minimum Gasteiger partial charge on any atom is -0.267 e. The van der Waals surface area contributed by atoms with E-state index in [0.29, 0.717) is 15.8 Å². The summed E-state index contributed by atoms with van der Waals surface area (Å²) in [5.41, 5.74) is -0.932. The molecule has 34 heavy (non-hydrogen) atoms. The lowest BCUT2D eigenvalue weighted by atomic mass is 10.1. The molecule has 0 atom stereocenters. The molecule has 1 amide bonds. The van der Waals surface area contributed by atoms with Crippen molar-refractivity contribution in [1.82, 2.24) is 4.98 Å². The third kappa shape index (κ3) is 4.73. The highest BCUT2D eigenvalue weighted by atomic mass is 32.1. The van der Waals surface area contributed by atoms with Crippen molar-refractivity contribution in [2.45, 2.75) is 0 Å². The van der Waals surface area contributed by atoms with Gasteiger partial charge in [-0.05, 0) is 35.9 Å². The van der Waals surface area contributed by atoms with Crippen LogP contribution in [-0.2, 0) is 0 Å². The van der Waals surface area contributed by atoms with Crippen LogP contribution in [0.2, 0.25) is 0 Å². The van der Waals surface area contributed by atoms with Crippen LogP contribution in [0.4, 0.5) is 25.3 Å². The number of thiazole rings is 1. The van der Waals surface area contributed by atoms with Gasteiger partial charge in [0.2, 0.25) is 5.13 Å². The molecule has 0 aliphatic rings. The Bertz CT molecular complexity index is 1440. The van der Waals surface area contributed by atoms with Crippen molar-refractivity contribution >= 4 is 50.2 Å². The standard InChI is InChI=1S/C21H11F2N5O5S/c22-14-3-1-12(2-4-14)11-24-26(21-25-18-6-5-15(23)9-19(18)34-21)20(29)13-7-16(27(30)31)10-17(8-13)28(32)33/h1-11H/b24-11+. The fraction of sp³-hybridized carbons (Fsp3) is 0. The molecule has 0 aliphatic carbocycles. The molecule has 3 aromatic carbocycles. The summed E-state index contributed by atoms with van der Waals surface area (Å²) in [7, 11) is 0. The van der Waals surface area contributed by atoms with Gasteiger partial charge in [-0.3, -0.25) is 25.0 Å². The van der Waals surface area contributed by atoms with E-state index in [-0.39, 0.29) is 10.7 Å². The fourth-order valence-corrected chi connectivity index (χ4v) is 3.84. The number of nitro groups is 2. The Hall–Kier alpha value is -4.65. The highest BCUT2D eigenvalue weighted by molar-refractivity contribution is 7.22. The average molecular weight is 483 g/mol. The number of rotatable bonds is 6. The summed E-state index contributed by atoms with van der Waals surface area (Å²) in [5, 5.41) is 27.3. The van der Waals surface area contributed by atoms with Crippen molar-refractivity contribution in [2.75, 3.05) is 5.01 Å². The van der Waals surface area contributed by atoms with Crippen molar-refractivity contribution in [3.8, 4) is 0 Å². The molecule has 0 bridgehead atoms. The van der Waals surface area contributed by atoms with E-state index in [4.69, 9.17) is 0 Å². The second kappa shape index (κ2) is 9.07. The maximum absolute atomic E-state index is 13.6. The predicted octanol–water partition coefficient (Wildman–Crippen LogP) is 5.07. The van der Waals surface area contributed by atoms with Gasteiger partial charge in [-0.2, -0.15) is 10.1 Å². The molecular formula is C21H11F2N5O5S. The van der Waals surface area contributed by atoms with Gasteiger partial charge in [0.05, 0.1) is 37.9 Å². The normalized spacial score (nSPS) is 11.1. The molecule has 170 valence electrons. The first-order chi connectivity index (χ1) is 16.2. The highest BCUT2D eigenvalue weighted by Gasteiger charge is 2.26. The summed E-state index contributed by atoms with van der Waals surface area (Å²) in [6.45, 7) is 0. The second-order valence-corrected chi connectivity index (χ2v) is 7.78. The van der Waals surface area contributed by atoms with Crippen LogP contribution in [0, 0.1) is 31.9 Å². The molecular weight excluding hydrogens is 472 g/mol. The number of nitro benzene ring substituents is 2. The third-order valence-electron chi connectivity index (χ3n) is 4.48. The fourth-order valence-electron chi connectivity index (χ4n) is 2.89. The Kier molecular flexibility index (Phi) is 6.01. The number of carbonyl (C=O) groups excluding carboxylic acids is 1. The van der Waals surface area contributed by atoms with Gasteiger partial charge in [0, 0.05) is 12.1 Å². The van der Waals surface area contributed by atoms with E-state index in [0.717, 1.165) is 34.5 Å². The summed E-state index contributed by atoms with van der Waals surface area (Å²) in [6.07, 6.45) is 1.22. The number of benzene rings is 3. The number of carbonyl (C=O) groups is 1. The number of hydrazone groups is 1. The number of hydrogen-bond acceptors (Lipinski definition) is 8. The van der Waals surface area contributed by atoms with Crippen molar-refractivity contribution in [2.24, 2.45) is 5.10 Å². The van der Waals surface area contributed by atoms with E-state index < -0.39 is 38.8 Å². The number of hydrogen-bond donors (Lipinski definition) is 0. The molecule has 10 nitrogen and oxygen atoms in total. The van der Waals surface area contributed by atoms with Crippen LogP contribution in [0.3, 0.4) is 0 Å². The van der Waals surface area contributed by atoms with Gasteiger partial charge in [0.25, 0.3) is 17.3 Å².